The van der Waals surface area contributed by atoms with Gasteiger partial charge in [0, 0.05) is 34.8 Å². The molecule has 0 radical (unpaired) electrons. The molecule has 1 unspecified atom stereocenters. The topological polar surface area (TPSA) is 128 Å². The Bertz CT molecular complexity index is 1220. The van der Waals surface area contributed by atoms with Gasteiger partial charge in [-0.1, -0.05) is 16.8 Å². The second kappa shape index (κ2) is 10.0. The molecule has 4 aromatic rings. The molecular weight excluding hydrogens is 446 g/mol. The summed E-state index contributed by atoms with van der Waals surface area (Å²) in [5, 5.41) is 14.1. The van der Waals surface area contributed by atoms with Crippen LogP contribution in [0.15, 0.2) is 65.7 Å². The fraction of sp³-hybridized carbons (Fsp3) is 0.182. The van der Waals surface area contributed by atoms with E-state index in [1.165, 1.54) is 17.3 Å². The average molecular weight is 466 g/mol. The molecule has 0 bridgehead atoms. The molecule has 2 N–H and O–H groups in total. The summed E-state index contributed by atoms with van der Waals surface area (Å²) in [4.78, 5) is 32.7. The van der Waals surface area contributed by atoms with Crippen molar-refractivity contribution in [2.45, 2.75) is 25.8 Å². The lowest BCUT2D eigenvalue weighted by atomic mass is 10.2. The number of carbonyl (C=O) groups is 2. The quantitative estimate of drug-likeness (QED) is 0.405. The first kappa shape index (κ1) is 22.2. The summed E-state index contributed by atoms with van der Waals surface area (Å²) in [6.07, 6.45) is 3.34. The first-order valence-corrected chi connectivity index (χ1v) is 10.5. The third-order valence-corrected chi connectivity index (χ3v) is 5.04. The Morgan fingerprint density at radius 1 is 1.06 bits per heavy atom. The largest absolute Gasteiger partial charge is 0.339 e. The van der Waals surface area contributed by atoms with Crippen LogP contribution >= 0.6 is 11.6 Å². The van der Waals surface area contributed by atoms with E-state index < -0.39 is 6.04 Å². The summed E-state index contributed by atoms with van der Waals surface area (Å²) in [5.74, 6) is 0.389. The maximum Gasteiger partial charge on any atom is 0.249 e. The summed E-state index contributed by atoms with van der Waals surface area (Å²) in [5.41, 5.74) is 1.99. The lowest BCUT2D eigenvalue weighted by Crippen LogP contribution is -2.24. The van der Waals surface area contributed by atoms with E-state index >= 15 is 0 Å². The first-order valence-electron chi connectivity index (χ1n) is 10.1. The molecule has 0 aliphatic heterocycles. The van der Waals surface area contributed by atoms with Gasteiger partial charge in [-0.3, -0.25) is 9.59 Å². The third kappa shape index (κ3) is 5.80. The SMILES string of the molecule is CC(C(=O)Nc1ccc(NC(=O)CCc2nc(-c3ccc(Cl)cc3)no2)cc1)n1cncn1. The maximum atomic E-state index is 12.3. The number of nitrogens with one attached hydrogen (secondary N) is 2. The monoisotopic (exact) mass is 465 g/mol. The minimum atomic E-state index is -0.503. The van der Waals surface area contributed by atoms with E-state index in [0.29, 0.717) is 34.5 Å². The molecule has 10 nitrogen and oxygen atoms in total. The molecule has 0 saturated heterocycles. The van der Waals surface area contributed by atoms with E-state index in [4.69, 9.17) is 16.1 Å². The van der Waals surface area contributed by atoms with E-state index in [-0.39, 0.29) is 18.2 Å². The van der Waals surface area contributed by atoms with E-state index in [0.717, 1.165) is 5.56 Å². The first-order chi connectivity index (χ1) is 16.0. The highest BCUT2D eigenvalue weighted by molar-refractivity contribution is 6.30. The van der Waals surface area contributed by atoms with Gasteiger partial charge in [0.25, 0.3) is 0 Å². The molecule has 0 fully saturated rings. The smallest absolute Gasteiger partial charge is 0.249 e. The third-order valence-electron chi connectivity index (χ3n) is 4.79. The zero-order valence-electron chi connectivity index (χ0n) is 17.6. The molecule has 0 aliphatic rings. The van der Waals surface area contributed by atoms with Crippen LogP contribution in [-0.2, 0) is 16.0 Å². The van der Waals surface area contributed by atoms with Crippen LogP contribution in [0.5, 0.6) is 0 Å². The van der Waals surface area contributed by atoms with Gasteiger partial charge >= 0.3 is 0 Å². The van der Waals surface area contributed by atoms with Crippen molar-refractivity contribution in [1.82, 2.24) is 24.9 Å². The zero-order chi connectivity index (χ0) is 23.2. The number of hydrogen-bond donors (Lipinski definition) is 2. The molecule has 11 heteroatoms. The van der Waals surface area contributed by atoms with Crippen LogP contribution in [0.1, 0.15) is 25.3 Å². The van der Waals surface area contributed by atoms with Crippen LogP contribution in [0, 0.1) is 0 Å². The van der Waals surface area contributed by atoms with Gasteiger partial charge in [0.05, 0.1) is 0 Å². The Kier molecular flexibility index (Phi) is 6.75. The molecule has 2 aromatic carbocycles. The van der Waals surface area contributed by atoms with Crippen LogP contribution in [0.2, 0.25) is 5.02 Å². The van der Waals surface area contributed by atoms with Crippen LogP contribution in [0.25, 0.3) is 11.4 Å². The number of halogens is 1. The lowest BCUT2D eigenvalue weighted by Gasteiger charge is -2.12. The number of nitrogens with zero attached hydrogens (tertiary/aromatic N) is 5. The van der Waals surface area contributed by atoms with Gasteiger partial charge in [0.1, 0.15) is 18.7 Å². The van der Waals surface area contributed by atoms with Gasteiger partial charge in [0.15, 0.2) is 0 Å². The lowest BCUT2D eigenvalue weighted by molar-refractivity contribution is -0.119. The Morgan fingerprint density at radius 2 is 1.76 bits per heavy atom. The number of benzene rings is 2. The molecule has 0 spiro atoms. The normalized spacial score (nSPS) is 11.7. The number of rotatable bonds is 8. The molecule has 33 heavy (non-hydrogen) atoms. The molecule has 1 atom stereocenters. The van der Waals surface area contributed by atoms with Crippen LogP contribution in [0.4, 0.5) is 11.4 Å². The van der Waals surface area contributed by atoms with Crippen molar-refractivity contribution in [2.24, 2.45) is 0 Å². The van der Waals surface area contributed by atoms with Crippen LogP contribution in [-0.4, -0.2) is 36.7 Å². The number of aryl methyl sites for hydroxylation is 1. The highest BCUT2D eigenvalue weighted by Gasteiger charge is 2.15. The minimum Gasteiger partial charge on any atom is -0.339 e. The van der Waals surface area contributed by atoms with Crippen molar-refractivity contribution in [3.63, 3.8) is 0 Å². The molecule has 168 valence electrons. The molecule has 2 amide bonds. The van der Waals surface area contributed by atoms with E-state index in [1.54, 1.807) is 55.5 Å². The summed E-state index contributed by atoms with van der Waals surface area (Å²) >= 11 is 5.89. The number of amides is 2. The molecule has 2 heterocycles. The molecule has 2 aromatic heterocycles. The Hall–Kier alpha value is -4.05. The molecule has 0 saturated carbocycles. The Labute approximate surface area is 194 Å². The van der Waals surface area contributed by atoms with Gasteiger partial charge in [-0.15, -0.1) is 0 Å². The van der Waals surface area contributed by atoms with Gasteiger partial charge in [-0.25, -0.2) is 9.67 Å². The second-order valence-corrected chi connectivity index (χ2v) is 7.62. The van der Waals surface area contributed by atoms with Crippen molar-refractivity contribution < 1.29 is 14.1 Å². The fourth-order valence-corrected chi connectivity index (χ4v) is 3.06. The predicted molar refractivity (Wildman–Crippen MR) is 121 cm³/mol. The van der Waals surface area contributed by atoms with Crippen molar-refractivity contribution in [3.05, 3.63) is 72.1 Å². The highest BCUT2D eigenvalue weighted by Crippen LogP contribution is 2.19. The van der Waals surface area contributed by atoms with Crippen LogP contribution < -0.4 is 10.6 Å². The van der Waals surface area contributed by atoms with Gasteiger partial charge in [0.2, 0.25) is 23.5 Å². The van der Waals surface area contributed by atoms with E-state index in [2.05, 4.69) is 30.9 Å². The zero-order valence-corrected chi connectivity index (χ0v) is 18.4. The van der Waals surface area contributed by atoms with Crippen molar-refractivity contribution in [3.8, 4) is 11.4 Å². The second-order valence-electron chi connectivity index (χ2n) is 7.18. The standard InChI is InChI=1S/C22H20ClN7O3/c1-14(30-13-24-12-25-30)22(32)27-18-8-6-17(7-9-18)26-19(31)10-11-20-28-21(29-33-20)15-2-4-16(23)5-3-15/h2-9,12-14H,10-11H2,1H3,(H,26,31)(H,27,32). The van der Waals surface area contributed by atoms with Gasteiger partial charge in [-0.05, 0) is 55.5 Å². The highest BCUT2D eigenvalue weighted by atomic mass is 35.5. The molecule has 4 rings (SSSR count). The van der Waals surface area contributed by atoms with Gasteiger partial charge in [-0.2, -0.15) is 10.1 Å². The van der Waals surface area contributed by atoms with Gasteiger partial charge < -0.3 is 15.2 Å². The number of anilines is 2. The Balaban J connectivity index is 1.26. The van der Waals surface area contributed by atoms with Crippen molar-refractivity contribution in [1.29, 1.82) is 0 Å². The number of hydrogen-bond acceptors (Lipinski definition) is 7. The summed E-state index contributed by atoms with van der Waals surface area (Å²) in [6.45, 7) is 1.72. The van der Waals surface area contributed by atoms with Crippen LogP contribution in [0.3, 0.4) is 0 Å². The summed E-state index contributed by atoms with van der Waals surface area (Å²) in [7, 11) is 0. The molecule has 0 aliphatic carbocycles. The van der Waals surface area contributed by atoms with Crippen molar-refractivity contribution in [2.75, 3.05) is 10.6 Å². The van der Waals surface area contributed by atoms with E-state index in [9.17, 15) is 9.59 Å². The Morgan fingerprint density at radius 3 is 2.42 bits per heavy atom. The summed E-state index contributed by atoms with van der Waals surface area (Å²) in [6, 6.07) is 13.4. The van der Waals surface area contributed by atoms with Crippen molar-refractivity contribution >= 4 is 34.8 Å². The average Bonchev–Trinajstić information content (AvgIpc) is 3.52. The van der Waals surface area contributed by atoms with E-state index in [1.807, 2.05) is 0 Å². The number of carbonyl (C=O) groups excluding carboxylic acids is 2. The predicted octanol–water partition coefficient (Wildman–Crippen LogP) is 3.75. The molecular formula is C22H20ClN7O3. The summed E-state index contributed by atoms with van der Waals surface area (Å²) < 4.78 is 6.69. The minimum absolute atomic E-state index is 0.177. The fourth-order valence-electron chi connectivity index (χ4n) is 2.94. The maximum absolute atomic E-state index is 12.3. The number of aromatic nitrogens is 5.